The third-order valence-corrected chi connectivity index (χ3v) is 5.30. The molecule has 0 aliphatic carbocycles. The third-order valence-electron chi connectivity index (χ3n) is 5.30. The van der Waals surface area contributed by atoms with Crippen molar-refractivity contribution >= 4 is 23.0 Å². The summed E-state index contributed by atoms with van der Waals surface area (Å²) in [6, 6.07) is 11.8. The van der Waals surface area contributed by atoms with Crippen LogP contribution in [0.4, 0.5) is 4.39 Å². The number of fused-ring (bicyclic) bond motifs is 1. The molecule has 1 saturated heterocycles. The summed E-state index contributed by atoms with van der Waals surface area (Å²) in [6.45, 7) is -0.0525. The van der Waals surface area contributed by atoms with Crippen LogP contribution in [0.5, 0.6) is 0 Å². The topological polar surface area (TPSA) is 102 Å². The fraction of sp³-hybridized carbons (Fsp3) is 0.318. The first-order valence-corrected chi connectivity index (χ1v) is 9.90. The van der Waals surface area contributed by atoms with Crippen LogP contribution in [-0.4, -0.2) is 51.7 Å². The van der Waals surface area contributed by atoms with Crippen LogP contribution in [0.1, 0.15) is 12.0 Å². The molecule has 0 spiro atoms. The summed E-state index contributed by atoms with van der Waals surface area (Å²) in [5, 5.41) is 9.99. The molecule has 1 aromatic heterocycles. The second-order valence-electron chi connectivity index (χ2n) is 7.37. The number of hydrogen-bond donors (Lipinski definition) is 1. The maximum atomic E-state index is 13.9. The first-order valence-electron chi connectivity index (χ1n) is 9.90. The van der Waals surface area contributed by atoms with Crippen molar-refractivity contribution in [1.29, 1.82) is 0 Å². The molecule has 162 valence electrons. The molecular formula is C22H21FN2O6. The average Bonchev–Trinajstić information content (AvgIpc) is 3.29. The number of aliphatic hydroxyl groups is 1. The van der Waals surface area contributed by atoms with E-state index < -0.39 is 35.6 Å². The molecule has 9 heteroatoms. The number of aliphatic hydroxyl groups excluding tert-OH is 1. The van der Waals surface area contributed by atoms with Gasteiger partial charge in [0.25, 0.3) is 0 Å². The number of nitrogens with zero attached hydrogens (tertiary/aromatic N) is 2. The van der Waals surface area contributed by atoms with Crippen LogP contribution < -0.4 is 5.76 Å². The Bertz CT molecular complexity index is 1170. The number of ether oxygens (including phenoxy) is 1. The molecule has 1 aliphatic rings. The Kier molecular flexibility index (Phi) is 5.85. The second-order valence-corrected chi connectivity index (χ2v) is 7.37. The predicted molar refractivity (Wildman–Crippen MR) is 108 cm³/mol. The van der Waals surface area contributed by atoms with Gasteiger partial charge < -0.3 is 19.2 Å². The number of oxazole rings is 1. The van der Waals surface area contributed by atoms with E-state index in [1.165, 1.54) is 27.7 Å². The predicted octanol–water partition coefficient (Wildman–Crippen LogP) is 1.48. The summed E-state index contributed by atoms with van der Waals surface area (Å²) >= 11 is 0. The van der Waals surface area contributed by atoms with Crippen LogP contribution in [0, 0.1) is 5.82 Å². The number of β-amino-alcohol motifs (C(OH)–C–C–N with tert-alkyl or cyclic N) is 1. The fourth-order valence-corrected chi connectivity index (χ4v) is 3.78. The van der Waals surface area contributed by atoms with E-state index in [0.29, 0.717) is 11.1 Å². The van der Waals surface area contributed by atoms with Crippen LogP contribution >= 0.6 is 0 Å². The lowest BCUT2D eigenvalue weighted by Crippen LogP contribution is -2.42. The highest BCUT2D eigenvalue weighted by atomic mass is 19.1. The largest absolute Gasteiger partial charge is 0.462 e. The summed E-state index contributed by atoms with van der Waals surface area (Å²) < 4.78 is 25.6. The van der Waals surface area contributed by atoms with E-state index >= 15 is 0 Å². The van der Waals surface area contributed by atoms with Crippen molar-refractivity contribution in [2.45, 2.75) is 31.5 Å². The van der Waals surface area contributed by atoms with Gasteiger partial charge >= 0.3 is 11.7 Å². The Morgan fingerprint density at radius 2 is 1.90 bits per heavy atom. The molecule has 4 rings (SSSR count). The van der Waals surface area contributed by atoms with Gasteiger partial charge in [0.15, 0.2) is 5.58 Å². The Labute approximate surface area is 176 Å². The number of rotatable bonds is 6. The Balaban J connectivity index is 1.39. The van der Waals surface area contributed by atoms with E-state index in [1.807, 2.05) is 0 Å². The summed E-state index contributed by atoms with van der Waals surface area (Å²) in [5.41, 5.74) is 1.23. The molecule has 1 aliphatic heterocycles. The van der Waals surface area contributed by atoms with E-state index in [0.717, 1.165) is 0 Å². The second kappa shape index (κ2) is 8.73. The van der Waals surface area contributed by atoms with Gasteiger partial charge in [-0.2, -0.15) is 0 Å². The van der Waals surface area contributed by atoms with Gasteiger partial charge in [-0.25, -0.2) is 14.0 Å². The highest BCUT2D eigenvalue weighted by molar-refractivity contribution is 5.86. The molecule has 2 heterocycles. The third kappa shape index (κ3) is 4.36. The molecule has 1 N–H and O–H groups in total. The number of amides is 1. The van der Waals surface area contributed by atoms with E-state index in [1.54, 1.807) is 30.3 Å². The van der Waals surface area contributed by atoms with E-state index in [2.05, 4.69) is 0 Å². The lowest BCUT2D eigenvalue weighted by atomic mass is 10.1. The summed E-state index contributed by atoms with van der Waals surface area (Å²) in [7, 11) is 0. The van der Waals surface area contributed by atoms with Gasteiger partial charge in [0.1, 0.15) is 18.5 Å². The number of para-hydroxylation sites is 2. The van der Waals surface area contributed by atoms with E-state index in [9.17, 15) is 23.9 Å². The van der Waals surface area contributed by atoms with Gasteiger partial charge in [0, 0.05) is 13.0 Å². The highest BCUT2D eigenvalue weighted by Crippen LogP contribution is 2.21. The normalized spacial score (nSPS) is 18.5. The zero-order valence-electron chi connectivity index (χ0n) is 16.6. The summed E-state index contributed by atoms with van der Waals surface area (Å²) in [4.78, 5) is 38.5. The number of hydrogen-bond acceptors (Lipinski definition) is 6. The first-order chi connectivity index (χ1) is 14.9. The molecule has 0 radical (unpaired) electrons. The smallest absolute Gasteiger partial charge is 0.420 e. The maximum Gasteiger partial charge on any atom is 0.420 e. The van der Waals surface area contributed by atoms with Crippen LogP contribution in [-0.2, 0) is 27.3 Å². The van der Waals surface area contributed by atoms with Crippen LogP contribution in [0.25, 0.3) is 11.1 Å². The van der Waals surface area contributed by atoms with Crippen molar-refractivity contribution in [3.63, 3.8) is 0 Å². The number of esters is 1. The van der Waals surface area contributed by atoms with Gasteiger partial charge in [0.05, 0.1) is 24.6 Å². The van der Waals surface area contributed by atoms with Crippen molar-refractivity contribution in [1.82, 2.24) is 9.47 Å². The Morgan fingerprint density at radius 3 is 2.71 bits per heavy atom. The Morgan fingerprint density at radius 1 is 1.16 bits per heavy atom. The van der Waals surface area contributed by atoms with Gasteiger partial charge in [-0.1, -0.05) is 30.3 Å². The van der Waals surface area contributed by atoms with Crippen molar-refractivity contribution in [2.75, 3.05) is 13.2 Å². The van der Waals surface area contributed by atoms with Crippen molar-refractivity contribution in [2.24, 2.45) is 0 Å². The zero-order valence-corrected chi connectivity index (χ0v) is 16.6. The Hall–Kier alpha value is -3.46. The SMILES string of the molecule is O=C(OCCn1c(=O)oc2ccccc21)C1CC(O)CN1C(=O)Cc1ccccc1F. The van der Waals surface area contributed by atoms with Crippen LogP contribution in [0.2, 0.25) is 0 Å². The maximum absolute atomic E-state index is 13.9. The van der Waals surface area contributed by atoms with Gasteiger partial charge in [0.2, 0.25) is 5.91 Å². The molecule has 2 aromatic carbocycles. The minimum Gasteiger partial charge on any atom is -0.462 e. The molecule has 0 saturated carbocycles. The molecule has 1 amide bonds. The quantitative estimate of drug-likeness (QED) is 0.597. The number of aromatic nitrogens is 1. The fourth-order valence-electron chi connectivity index (χ4n) is 3.78. The standard InChI is InChI=1S/C22H21FN2O6/c23-16-6-2-1-5-14(16)11-20(27)25-13-15(26)12-18(25)21(28)30-10-9-24-17-7-3-4-8-19(17)31-22(24)29/h1-8,15,18,26H,9-13H2. The molecule has 31 heavy (non-hydrogen) atoms. The molecule has 2 unspecified atom stereocenters. The van der Waals surface area contributed by atoms with Gasteiger partial charge in [-0.05, 0) is 23.8 Å². The summed E-state index contributed by atoms with van der Waals surface area (Å²) in [5.74, 6) is -2.22. The lowest BCUT2D eigenvalue weighted by Gasteiger charge is -2.23. The minimum absolute atomic E-state index is 0.0289. The van der Waals surface area contributed by atoms with E-state index in [4.69, 9.17) is 9.15 Å². The average molecular weight is 428 g/mol. The summed E-state index contributed by atoms with van der Waals surface area (Å²) in [6.07, 6.45) is -1.06. The molecule has 3 aromatic rings. The molecule has 0 bridgehead atoms. The number of likely N-dealkylation sites (tertiary alicyclic amines) is 1. The highest BCUT2D eigenvalue weighted by Gasteiger charge is 2.39. The number of halogens is 1. The van der Waals surface area contributed by atoms with Crippen molar-refractivity contribution in [3.8, 4) is 0 Å². The van der Waals surface area contributed by atoms with Crippen molar-refractivity contribution in [3.05, 3.63) is 70.5 Å². The number of benzene rings is 2. The lowest BCUT2D eigenvalue weighted by molar-refractivity contribution is -0.153. The zero-order chi connectivity index (χ0) is 22.0. The van der Waals surface area contributed by atoms with Crippen LogP contribution in [0.3, 0.4) is 0 Å². The van der Waals surface area contributed by atoms with Crippen LogP contribution in [0.15, 0.2) is 57.7 Å². The monoisotopic (exact) mass is 428 g/mol. The molecule has 1 fully saturated rings. The number of carbonyl (C=O) groups is 2. The minimum atomic E-state index is -0.966. The molecular weight excluding hydrogens is 407 g/mol. The molecule has 2 atom stereocenters. The van der Waals surface area contributed by atoms with Crippen molar-refractivity contribution < 1.29 is 28.2 Å². The van der Waals surface area contributed by atoms with E-state index in [-0.39, 0.29) is 38.1 Å². The van der Waals surface area contributed by atoms with Gasteiger partial charge in [-0.15, -0.1) is 0 Å². The first kappa shape index (κ1) is 20.8. The van der Waals surface area contributed by atoms with Gasteiger partial charge in [-0.3, -0.25) is 9.36 Å². The number of carbonyl (C=O) groups excluding carboxylic acids is 2. The molecule has 8 nitrogen and oxygen atoms in total.